The van der Waals surface area contributed by atoms with Crippen molar-refractivity contribution < 1.29 is 18.1 Å². The lowest BCUT2D eigenvalue weighted by Gasteiger charge is -2.12. The van der Waals surface area contributed by atoms with E-state index in [0.717, 1.165) is 17.4 Å². The second-order valence-electron chi connectivity index (χ2n) is 5.35. The van der Waals surface area contributed by atoms with Crippen LogP contribution in [0.5, 0.6) is 5.75 Å². The highest BCUT2D eigenvalue weighted by molar-refractivity contribution is 7.90. The summed E-state index contributed by atoms with van der Waals surface area (Å²) in [6.07, 6.45) is 0.947. The highest BCUT2D eigenvalue weighted by Gasteiger charge is 2.26. The van der Waals surface area contributed by atoms with E-state index in [4.69, 9.17) is 4.74 Å². The number of hydrogen-bond donors (Lipinski definition) is 1. The van der Waals surface area contributed by atoms with Crippen LogP contribution in [0, 0.1) is 17.0 Å². The maximum atomic E-state index is 11.8. The number of benzene rings is 2. The van der Waals surface area contributed by atoms with E-state index in [2.05, 4.69) is 5.32 Å². The standard InChI is InChI=1S/C16H18N2O5S/c1-11-7-8-12(14(9-11)23-2)10-17-13-5-4-6-15(24(3,21)22)16(13)18(19)20/h4-9,17H,10H2,1-3H3. The van der Waals surface area contributed by atoms with E-state index in [1.54, 1.807) is 7.11 Å². The molecule has 1 N–H and O–H groups in total. The number of anilines is 1. The summed E-state index contributed by atoms with van der Waals surface area (Å²) in [5.41, 5.74) is 1.53. The van der Waals surface area contributed by atoms with Crippen LogP contribution in [0.2, 0.25) is 0 Å². The lowest BCUT2D eigenvalue weighted by molar-refractivity contribution is -0.386. The summed E-state index contributed by atoms with van der Waals surface area (Å²) < 4.78 is 28.8. The molecule has 0 amide bonds. The molecule has 0 aliphatic rings. The average Bonchev–Trinajstić information content (AvgIpc) is 2.52. The molecule has 0 radical (unpaired) electrons. The quantitative estimate of drug-likeness (QED) is 0.635. The first kappa shape index (κ1) is 17.7. The fourth-order valence-electron chi connectivity index (χ4n) is 2.34. The summed E-state index contributed by atoms with van der Waals surface area (Å²) in [5, 5.41) is 14.3. The second kappa shape index (κ2) is 6.88. The third-order valence-electron chi connectivity index (χ3n) is 3.49. The van der Waals surface area contributed by atoms with Gasteiger partial charge in [0, 0.05) is 18.4 Å². The van der Waals surface area contributed by atoms with Gasteiger partial charge < -0.3 is 10.1 Å². The van der Waals surface area contributed by atoms with E-state index in [1.165, 1.54) is 18.2 Å². The Labute approximate surface area is 140 Å². The fourth-order valence-corrected chi connectivity index (χ4v) is 3.20. The van der Waals surface area contributed by atoms with Crippen molar-refractivity contribution in [1.82, 2.24) is 0 Å². The largest absolute Gasteiger partial charge is 0.496 e. The van der Waals surface area contributed by atoms with Gasteiger partial charge in [-0.2, -0.15) is 0 Å². The molecule has 2 aromatic carbocycles. The summed E-state index contributed by atoms with van der Waals surface area (Å²) in [6, 6.07) is 9.79. The Morgan fingerprint density at radius 2 is 1.96 bits per heavy atom. The number of methoxy groups -OCH3 is 1. The van der Waals surface area contributed by atoms with Crippen molar-refractivity contribution in [2.75, 3.05) is 18.7 Å². The van der Waals surface area contributed by atoms with Gasteiger partial charge in [-0.3, -0.25) is 10.1 Å². The van der Waals surface area contributed by atoms with E-state index in [-0.39, 0.29) is 17.1 Å². The highest BCUT2D eigenvalue weighted by Crippen LogP contribution is 2.32. The van der Waals surface area contributed by atoms with Gasteiger partial charge in [0.25, 0.3) is 0 Å². The van der Waals surface area contributed by atoms with Gasteiger partial charge in [-0.15, -0.1) is 0 Å². The van der Waals surface area contributed by atoms with Crippen LogP contribution in [0.15, 0.2) is 41.3 Å². The molecule has 0 unspecified atom stereocenters. The van der Waals surface area contributed by atoms with Crippen molar-refractivity contribution in [2.24, 2.45) is 0 Å². The van der Waals surface area contributed by atoms with Crippen molar-refractivity contribution in [1.29, 1.82) is 0 Å². The second-order valence-corrected chi connectivity index (χ2v) is 7.33. The van der Waals surface area contributed by atoms with Crippen LogP contribution in [0.25, 0.3) is 0 Å². The first-order chi connectivity index (χ1) is 11.2. The van der Waals surface area contributed by atoms with Crippen LogP contribution < -0.4 is 10.1 Å². The number of nitro benzene ring substituents is 1. The Hall–Kier alpha value is -2.61. The smallest absolute Gasteiger partial charge is 0.310 e. The summed E-state index contributed by atoms with van der Waals surface area (Å²) in [7, 11) is -2.16. The maximum absolute atomic E-state index is 11.8. The Morgan fingerprint density at radius 3 is 2.54 bits per heavy atom. The normalized spacial score (nSPS) is 11.1. The Kier molecular flexibility index (Phi) is 5.08. The van der Waals surface area contributed by atoms with Gasteiger partial charge in [-0.05, 0) is 30.7 Å². The Morgan fingerprint density at radius 1 is 1.25 bits per heavy atom. The molecular weight excluding hydrogens is 332 g/mol. The fraction of sp³-hybridized carbons (Fsp3) is 0.250. The van der Waals surface area contributed by atoms with Crippen molar-refractivity contribution in [3.05, 3.63) is 57.6 Å². The topological polar surface area (TPSA) is 98.5 Å². The predicted octanol–water partition coefficient (Wildman–Crippen LogP) is 2.93. The summed E-state index contributed by atoms with van der Waals surface area (Å²) >= 11 is 0. The molecule has 0 aromatic heterocycles. The molecule has 0 heterocycles. The molecule has 0 aliphatic carbocycles. The van der Waals surface area contributed by atoms with Gasteiger partial charge in [0.15, 0.2) is 9.84 Å². The maximum Gasteiger partial charge on any atom is 0.310 e. The number of nitrogens with one attached hydrogen (secondary N) is 1. The van der Waals surface area contributed by atoms with Gasteiger partial charge >= 0.3 is 5.69 Å². The van der Waals surface area contributed by atoms with Crippen LogP contribution in [0.3, 0.4) is 0 Å². The monoisotopic (exact) mass is 350 g/mol. The lowest BCUT2D eigenvalue weighted by Crippen LogP contribution is -2.08. The first-order valence-electron chi connectivity index (χ1n) is 7.09. The molecule has 24 heavy (non-hydrogen) atoms. The number of sulfone groups is 1. The molecule has 0 bridgehead atoms. The SMILES string of the molecule is COc1cc(C)ccc1CNc1cccc(S(C)(=O)=O)c1[N+](=O)[O-]. The predicted molar refractivity (Wildman–Crippen MR) is 91.3 cm³/mol. The van der Waals surface area contributed by atoms with Crippen molar-refractivity contribution in [3.63, 3.8) is 0 Å². The number of hydrogen-bond acceptors (Lipinski definition) is 6. The Balaban J connectivity index is 2.39. The van der Waals surface area contributed by atoms with Crippen LogP contribution >= 0.6 is 0 Å². The molecule has 0 spiro atoms. The molecule has 0 atom stereocenters. The van der Waals surface area contributed by atoms with E-state index >= 15 is 0 Å². The van der Waals surface area contributed by atoms with Crippen molar-refractivity contribution >= 4 is 21.2 Å². The number of nitrogens with zero attached hydrogens (tertiary/aromatic N) is 1. The average molecular weight is 350 g/mol. The summed E-state index contributed by atoms with van der Waals surface area (Å²) in [5.74, 6) is 0.657. The molecule has 2 aromatic rings. The Bertz CT molecular complexity index is 878. The van der Waals surface area contributed by atoms with Gasteiger partial charge in [0.1, 0.15) is 16.3 Å². The van der Waals surface area contributed by atoms with Crippen LogP contribution in [-0.2, 0) is 16.4 Å². The molecule has 8 heteroatoms. The van der Waals surface area contributed by atoms with Gasteiger partial charge in [-0.25, -0.2) is 8.42 Å². The van der Waals surface area contributed by atoms with Gasteiger partial charge in [-0.1, -0.05) is 18.2 Å². The summed E-state index contributed by atoms with van der Waals surface area (Å²) in [6.45, 7) is 2.19. The molecule has 0 saturated carbocycles. The number of nitro groups is 1. The molecule has 0 saturated heterocycles. The van der Waals surface area contributed by atoms with E-state index in [0.29, 0.717) is 5.75 Å². The van der Waals surface area contributed by atoms with Crippen LogP contribution in [0.1, 0.15) is 11.1 Å². The summed E-state index contributed by atoms with van der Waals surface area (Å²) in [4.78, 5) is 10.3. The zero-order valence-corrected chi connectivity index (χ0v) is 14.4. The highest BCUT2D eigenvalue weighted by atomic mass is 32.2. The van der Waals surface area contributed by atoms with Gasteiger partial charge in [0.05, 0.1) is 12.0 Å². The lowest BCUT2D eigenvalue weighted by atomic mass is 10.1. The van der Waals surface area contributed by atoms with Crippen LogP contribution in [-0.4, -0.2) is 26.7 Å². The number of para-hydroxylation sites is 1. The minimum absolute atomic E-state index is 0.144. The van der Waals surface area contributed by atoms with E-state index < -0.39 is 20.4 Å². The zero-order chi connectivity index (χ0) is 17.9. The molecular formula is C16H18N2O5S. The van der Waals surface area contributed by atoms with E-state index in [1.807, 2.05) is 25.1 Å². The molecule has 0 aliphatic heterocycles. The minimum atomic E-state index is -3.71. The minimum Gasteiger partial charge on any atom is -0.496 e. The van der Waals surface area contributed by atoms with E-state index in [9.17, 15) is 18.5 Å². The van der Waals surface area contributed by atoms with Crippen LogP contribution in [0.4, 0.5) is 11.4 Å². The van der Waals surface area contributed by atoms with Crippen molar-refractivity contribution in [3.8, 4) is 5.75 Å². The van der Waals surface area contributed by atoms with Gasteiger partial charge in [0.2, 0.25) is 0 Å². The third-order valence-corrected chi connectivity index (χ3v) is 4.62. The molecule has 7 nitrogen and oxygen atoms in total. The number of ether oxygens (including phenoxy) is 1. The molecule has 2 rings (SSSR count). The van der Waals surface area contributed by atoms with Crippen molar-refractivity contribution in [2.45, 2.75) is 18.4 Å². The number of rotatable bonds is 6. The third kappa shape index (κ3) is 3.83. The number of aryl methyl sites for hydroxylation is 1. The molecule has 128 valence electrons. The first-order valence-corrected chi connectivity index (χ1v) is 8.98. The zero-order valence-electron chi connectivity index (χ0n) is 13.6. The molecule has 0 fully saturated rings.